The van der Waals surface area contributed by atoms with Gasteiger partial charge in [-0.05, 0) is 6.92 Å². The molecule has 1 aliphatic rings. The van der Waals surface area contributed by atoms with Gasteiger partial charge in [-0.15, -0.1) is 0 Å². The molecule has 0 saturated carbocycles. The average molecular weight is 252 g/mol. The molecule has 1 aromatic heterocycles. The van der Waals surface area contributed by atoms with Crippen molar-refractivity contribution in [2.75, 3.05) is 41.9 Å². The smallest absolute Gasteiger partial charge is 0.137 e. The van der Waals surface area contributed by atoms with E-state index >= 15 is 0 Å². The molecular weight excluding hydrogens is 232 g/mol. The molecule has 2 rings (SSSR count). The first kappa shape index (κ1) is 12.5. The minimum Gasteiger partial charge on any atom is -0.373 e. The Bertz CT molecular complexity index is 388. The van der Waals surface area contributed by atoms with Crippen LogP contribution in [0, 0.1) is 6.92 Å². The first-order chi connectivity index (χ1) is 8.26. The highest BCUT2D eigenvalue weighted by molar-refractivity contribution is 7.99. The first-order valence-corrected chi connectivity index (χ1v) is 7.29. The fourth-order valence-corrected chi connectivity index (χ4v) is 2.94. The van der Waals surface area contributed by atoms with Gasteiger partial charge in [-0.1, -0.05) is 6.92 Å². The Morgan fingerprint density at radius 2 is 2.00 bits per heavy atom. The SMILES string of the molecule is CCc1nc(NC)c(C)c(N2CCSCC2)n1. The van der Waals surface area contributed by atoms with Crippen LogP contribution in [0.3, 0.4) is 0 Å². The Morgan fingerprint density at radius 1 is 1.29 bits per heavy atom. The van der Waals surface area contributed by atoms with E-state index in [-0.39, 0.29) is 0 Å². The van der Waals surface area contributed by atoms with Crippen molar-refractivity contribution in [3.63, 3.8) is 0 Å². The minimum absolute atomic E-state index is 0.880. The highest BCUT2D eigenvalue weighted by atomic mass is 32.2. The molecule has 0 atom stereocenters. The van der Waals surface area contributed by atoms with Crippen molar-refractivity contribution < 1.29 is 0 Å². The second-order valence-corrected chi connectivity index (χ2v) is 5.36. The van der Waals surface area contributed by atoms with Crippen molar-refractivity contribution in [1.82, 2.24) is 9.97 Å². The number of rotatable bonds is 3. The van der Waals surface area contributed by atoms with Crippen LogP contribution in [0.2, 0.25) is 0 Å². The molecule has 1 saturated heterocycles. The Kier molecular flexibility index (Phi) is 4.10. The fourth-order valence-electron chi connectivity index (χ4n) is 2.03. The number of aryl methyl sites for hydroxylation is 1. The molecular formula is C12H20N4S. The van der Waals surface area contributed by atoms with Gasteiger partial charge in [-0.2, -0.15) is 11.8 Å². The zero-order valence-corrected chi connectivity index (χ0v) is 11.6. The summed E-state index contributed by atoms with van der Waals surface area (Å²) in [7, 11) is 1.92. The van der Waals surface area contributed by atoms with E-state index in [1.807, 2.05) is 18.8 Å². The second-order valence-electron chi connectivity index (χ2n) is 4.14. The predicted octanol–water partition coefficient (Wildman–Crippen LogP) is 1.94. The predicted molar refractivity (Wildman–Crippen MR) is 75.2 cm³/mol. The lowest BCUT2D eigenvalue weighted by molar-refractivity contribution is 0.811. The van der Waals surface area contributed by atoms with Gasteiger partial charge >= 0.3 is 0 Å². The molecule has 1 fully saturated rings. The van der Waals surface area contributed by atoms with E-state index in [2.05, 4.69) is 34.0 Å². The summed E-state index contributed by atoms with van der Waals surface area (Å²) >= 11 is 2.02. The molecule has 0 aromatic carbocycles. The van der Waals surface area contributed by atoms with Crippen LogP contribution in [0.5, 0.6) is 0 Å². The van der Waals surface area contributed by atoms with Crippen LogP contribution in [-0.2, 0) is 6.42 Å². The van der Waals surface area contributed by atoms with Crippen molar-refractivity contribution in [3.8, 4) is 0 Å². The average Bonchev–Trinajstić information content (AvgIpc) is 2.40. The Morgan fingerprint density at radius 3 is 2.59 bits per heavy atom. The number of hydrogen-bond donors (Lipinski definition) is 1. The van der Waals surface area contributed by atoms with Gasteiger partial charge in [0.15, 0.2) is 0 Å². The molecule has 4 nitrogen and oxygen atoms in total. The Hall–Kier alpha value is -0.970. The molecule has 0 aliphatic carbocycles. The molecule has 1 N–H and O–H groups in total. The molecule has 0 radical (unpaired) electrons. The lowest BCUT2D eigenvalue weighted by Crippen LogP contribution is -2.34. The quantitative estimate of drug-likeness (QED) is 0.890. The number of anilines is 2. The molecule has 0 amide bonds. The second kappa shape index (κ2) is 5.58. The maximum atomic E-state index is 4.69. The summed E-state index contributed by atoms with van der Waals surface area (Å²) in [5.41, 5.74) is 1.16. The summed E-state index contributed by atoms with van der Waals surface area (Å²) in [6.45, 7) is 6.38. The number of aromatic nitrogens is 2. The Labute approximate surface area is 107 Å². The third-order valence-corrected chi connectivity index (χ3v) is 3.97. The van der Waals surface area contributed by atoms with Gasteiger partial charge in [0.1, 0.15) is 17.5 Å². The van der Waals surface area contributed by atoms with Gasteiger partial charge in [0.25, 0.3) is 0 Å². The third kappa shape index (κ3) is 2.65. The van der Waals surface area contributed by atoms with Crippen LogP contribution in [0.4, 0.5) is 11.6 Å². The molecule has 1 aromatic rings. The van der Waals surface area contributed by atoms with Gasteiger partial charge in [-0.3, -0.25) is 0 Å². The van der Waals surface area contributed by atoms with Crippen LogP contribution in [0.25, 0.3) is 0 Å². The van der Waals surface area contributed by atoms with E-state index in [1.165, 1.54) is 11.5 Å². The summed E-state index contributed by atoms with van der Waals surface area (Å²) in [6.07, 6.45) is 0.880. The van der Waals surface area contributed by atoms with Crippen molar-refractivity contribution in [3.05, 3.63) is 11.4 Å². The van der Waals surface area contributed by atoms with Gasteiger partial charge in [-0.25, -0.2) is 9.97 Å². The summed E-state index contributed by atoms with van der Waals surface area (Å²) < 4.78 is 0. The Balaban J connectivity index is 2.36. The molecule has 0 bridgehead atoms. The van der Waals surface area contributed by atoms with Crippen molar-refractivity contribution in [2.24, 2.45) is 0 Å². The number of hydrogen-bond acceptors (Lipinski definition) is 5. The third-order valence-electron chi connectivity index (χ3n) is 3.03. The van der Waals surface area contributed by atoms with Crippen LogP contribution < -0.4 is 10.2 Å². The molecule has 0 spiro atoms. The van der Waals surface area contributed by atoms with Gasteiger partial charge in [0.05, 0.1) is 0 Å². The van der Waals surface area contributed by atoms with E-state index in [9.17, 15) is 0 Å². The lowest BCUT2D eigenvalue weighted by atomic mass is 10.2. The van der Waals surface area contributed by atoms with E-state index in [1.54, 1.807) is 0 Å². The molecule has 2 heterocycles. The van der Waals surface area contributed by atoms with Gasteiger partial charge < -0.3 is 10.2 Å². The molecule has 5 heteroatoms. The lowest BCUT2D eigenvalue weighted by Gasteiger charge is -2.29. The maximum Gasteiger partial charge on any atom is 0.137 e. The van der Waals surface area contributed by atoms with E-state index in [4.69, 9.17) is 0 Å². The summed E-state index contributed by atoms with van der Waals surface area (Å²) in [4.78, 5) is 11.6. The van der Waals surface area contributed by atoms with Crippen molar-refractivity contribution in [2.45, 2.75) is 20.3 Å². The topological polar surface area (TPSA) is 41.1 Å². The van der Waals surface area contributed by atoms with Crippen LogP contribution >= 0.6 is 11.8 Å². The summed E-state index contributed by atoms with van der Waals surface area (Å²) in [5, 5.41) is 3.17. The highest BCUT2D eigenvalue weighted by Crippen LogP contribution is 2.25. The standard InChI is InChI=1S/C12H20N4S/c1-4-10-14-11(13-3)9(2)12(15-10)16-5-7-17-8-6-16/h4-8H2,1-3H3,(H,13,14,15). The normalized spacial score (nSPS) is 16.1. The van der Waals surface area contributed by atoms with E-state index in [0.29, 0.717) is 0 Å². The van der Waals surface area contributed by atoms with Crippen LogP contribution in [0.15, 0.2) is 0 Å². The van der Waals surface area contributed by atoms with E-state index in [0.717, 1.165) is 42.5 Å². The van der Waals surface area contributed by atoms with Crippen molar-refractivity contribution >= 4 is 23.4 Å². The molecule has 1 aliphatic heterocycles. The zero-order valence-electron chi connectivity index (χ0n) is 10.8. The largest absolute Gasteiger partial charge is 0.373 e. The van der Waals surface area contributed by atoms with Gasteiger partial charge in [0.2, 0.25) is 0 Å². The molecule has 17 heavy (non-hydrogen) atoms. The molecule has 94 valence electrons. The zero-order chi connectivity index (χ0) is 12.3. The van der Waals surface area contributed by atoms with Crippen LogP contribution in [0.1, 0.15) is 18.3 Å². The fraction of sp³-hybridized carbons (Fsp3) is 0.667. The summed E-state index contributed by atoms with van der Waals surface area (Å²) in [6, 6.07) is 0. The minimum atomic E-state index is 0.880. The maximum absolute atomic E-state index is 4.69. The van der Waals surface area contributed by atoms with Gasteiger partial charge in [0, 0.05) is 43.6 Å². The number of thioether (sulfide) groups is 1. The molecule has 0 unspecified atom stereocenters. The summed E-state index contributed by atoms with van der Waals surface area (Å²) in [5.74, 6) is 5.39. The first-order valence-electron chi connectivity index (χ1n) is 6.14. The monoisotopic (exact) mass is 252 g/mol. The van der Waals surface area contributed by atoms with Crippen molar-refractivity contribution in [1.29, 1.82) is 0 Å². The highest BCUT2D eigenvalue weighted by Gasteiger charge is 2.17. The van der Waals surface area contributed by atoms with E-state index < -0.39 is 0 Å². The van der Waals surface area contributed by atoms with Crippen LogP contribution in [-0.4, -0.2) is 41.6 Å². The number of nitrogens with one attached hydrogen (secondary N) is 1. The number of nitrogens with zero attached hydrogens (tertiary/aromatic N) is 3.